The minimum atomic E-state index is -0.275. The van der Waals surface area contributed by atoms with E-state index in [1.54, 1.807) is 0 Å². The Kier molecular flexibility index (Phi) is 4.84. The second-order valence-corrected chi connectivity index (χ2v) is 4.31. The van der Waals surface area contributed by atoms with Crippen LogP contribution in [-0.2, 0) is 0 Å². The predicted molar refractivity (Wildman–Crippen MR) is 68.3 cm³/mol. The maximum atomic E-state index is 13.2. The Morgan fingerprint density at radius 1 is 1.44 bits per heavy atom. The van der Waals surface area contributed by atoms with Gasteiger partial charge in [0.15, 0.2) is 0 Å². The van der Waals surface area contributed by atoms with E-state index in [1.165, 1.54) is 12.1 Å². The van der Waals surface area contributed by atoms with E-state index in [0.29, 0.717) is 11.1 Å². The molecule has 1 aromatic carbocycles. The lowest BCUT2D eigenvalue weighted by atomic mass is 10.2. The Labute approximate surface area is 106 Å². The lowest BCUT2D eigenvalue weighted by Gasteiger charge is -2.36. The molecular weight excluding hydrogens is 250 g/mol. The van der Waals surface area contributed by atoms with Crippen LogP contribution in [0.1, 0.15) is 6.92 Å². The van der Waals surface area contributed by atoms with Crippen molar-refractivity contribution in [3.05, 3.63) is 29.0 Å². The summed E-state index contributed by atoms with van der Waals surface area (Å²) in [4.78, 5) is 2.17. The van der Waals surface area contributed by atoms with Crippen molar-refractivity contribution >= 4 is 29.7 Å². The molecule has 0 amide bonds. The van der Waals surface area contributed by atoms with Crippen LogP contribution in [0, 0.1) is 5.82 Å². The highest BCUT2D eigenvalue weighted by atomic mass is 35.5. The Hall–Kier alpha value is -0.510. The lowest BCUT2D eigenvalue weighted by molar-refractivity contribution is 0.499. The molecule has 1 saturated heterocycles. The third kappa shape index (κ3) is 3.00. The molecule has 0 spiro atoms. The molecule has 1 aliphatic rings. The molecule has 1 atom stereocenters. The maximum absolute atomic E-state index is 13.2. The highest BCUT2D eigenvalue weighted by Gasteiger charge is 2.18. The molecule has 2 rings (SSSR count). The van der Waals surface area contributed by atoms with Crippen molar-refractivity contribution in [3.8, 4) is 0 Å². The van der Waals surface area contributed by atoms with Gasteiger partial charge in [0.1, 0.15) is 5.82 Å². The van der Waals surface area contributed by atoms with Crippen LogP contribution in [0.5, 0.6) is 0 Å². The molecule has 90 valence electrons. The zero-order valence-corrected chi connectivity index (χ0v) is 10.6. The predicted octanol–water partition coefficient (Wildman–Crippen LogP) is 2.70. The minimum Gasteiger partial charge on any atom is -0.366 e. The van der Waals surface area contributed by atoms with Gasteiger partial charge in [0.25, 0.3) is 0 Å². The van der Waals surface area contributed by atoms with Crippen molar-refractivity contribution in [1.82, 2.24) is 5.32 Å². The van der Waals surface area contributed by atoms with Gasteiger partial charge in [-0.3, -0.25) is 0 Å². The van der Waals surface area contributed by atoms with E-state index < -0.39 is 0 Å². The summed E-state index contributed by atoms with van der Waals surface area (Å²) in [5.74, 6) is -0.275. The van der Waals surface area contributed by atoms with Gasteiger partial charge < -0.3 is 10.2 Å². The summed E-state index contributed by atoms with van der Waals surface area (Å²) in [5, 5.41) is 3.75. The summed E-state index contributed by atoms with van der Waals surface area (Å²) in [6.45, 7) is 4.86. The summed E-state index contributed by atoms with van der Waals surface area (Å²) in [6.07, 6.45) is 0. The SMILES string of the molecule is CC1CNCCN1c1cc(F)cc(Cl)c1.Cl. The van der Waals surface area contributed by atoms with Gasteiger partial charge in [0.2, 0.25) is 0 Å². The average molecular weight is 265 g/mol. The van der Waals surface area contributed by atoms with E-state index in [2.05, 4.69) is 17.1 Å². The molecule has 5 heteroatoms. The van der Waals surface area contributed by atoms with Gasteiger partial charge in [-0.25, -0.2) is 4.39 Å². The number of halogens is 3. The molecule has 0 saturated carbocycles. The zero-order chi connectivity index (χ0) is 10.8. The van der Waals surface area contributed by atoms with Gasteiger partial charge >= 0.3 is 0 Å². The summed E-state index contributed by atoms with van der Waals surface area (Å²) >= 11 is 5.83. The first-order valence-electron chi connectivity index (χ1n) is 5.10. The number of rotatable bonds is 1. The third-order valence-electron chi connectivity index (χ3n) is 2.68. The average Bonchev–Trinajstić information content (AvgIpc) is 2.16. The van der Waals surface area contributed by atoms with Gasteiger partial charge in [-0.05, 0) is 25.1 Å². The van der Waals surface area contributed by atoms with Crippen LogP contribution in [-0.4, -0.2) is 25.7 Å². The standard InChI is InChI=1S/C11H14ClFN2.ClH/c1-8-7-14-2-3-15(8)11-5-9(12)4-10(13)6-11;/h4-6,8,14H,2-3,7H2,1H3;1H. The highest BCUT2D eigenvalue weighted by Crippen LogP contribution is 2.23. The monoisotopic (exact) mass is 264 g/mol. The van der Waals surface area contributed by atoms with Gasteiger partial charge in [0, 0.05) is 36.4 Å². The number of hydrogen-bond acceptors (Lipinski definition) is 2. The first kappa shape index (κ1) is 13.6. The van der Waals surface area contributed by atoms with Crippen LogP contribution < -0.4 is 10.2 Å². The van der Waals surface area contributed by atoms with Crippen LogP contribution in [0.4, 0.5) is 10.1 Å². The minimum absolute atomic E-state index is 0. The van der Waals surface area contributed by atoms with Crippen molar-refractivity contribution in [2.45, 2.75) is 13.0 Å². The van der Waals surface area contributed by atoms with E-state index in [0.717, 1.165) is 25.3 Å². The Balaban J connectivity index is 0.00000128. The normalized spacial score (nSPS) is 20.4. The fourth-order valence-electron chi connectivity index (χ4n) is 1.93. The van der Waals surface area contributed by atoms with Crippen molar-refractivity contribution in [3.63, 3.8) is 0 Å². The Bertz CT molecular complexity index is 340. The molecule has 0 aliphatic carbocycles. The van der Waals surface area contributed by atoms with E-state index in [9.17, 15) is 4.39 Å². The molecule has 0 aromatic heterocycles. The molecule has 1 heterocycles. The van der Waals surface area contributed by atoms with E-state index in [-0.39, 0.29) is 18.2 Å². The van der Waals surface area contributed by atoms with E-state index in [1.807, 2.05) is 6.07 Å². The van der Waals surface area contributed by atoms with Crippen molar-refractivity contribution in [2.24, 2.45) is 0 Å². The summed E-state index contributed by atoms with van der Waals surface area (Å²) in [7, 11) is 0. The highest BCUT2D eigenvalue weighted by molar-refractivity contribution is 6.30. The second-order valence-electron chi connectivity index (χ2n) is 3.87. The van der Waals surface area contributed by atoms with Crippen LogP contribution >= 0.6 is 24.0 Å². The first-order valence-corrected chi connectivity index (χ1v) is 5.48. The fourth-order valence-corrected chi connectivity index (χ4v) is 2.15. The third-order valence-corrected chi connectivity index (χ3v) is 2.90. The zero-order valence-electron chi connectivity index (χ0n) is 9.04. The van der Waals surface area contributed by atoms with E-state index >= 15 is 0 Å². The number of benzene rings is 1. The summed E-state index contributed by atoms with van der Waals surface area (Å²) < 4.78 is 13.2. The molecule has 1 aliphatic heterocycles. The molecule has 1 aromatic rings. The van der Waals surface area contributed by atoms with Crippen LogP contribution in [0.15, 0.2) is 18.2 Å². The Morgan fingerprint density at radius 3 is 2.81 bits per heavy atom. The maximum Gasteiger partial charge on any atom is 0.126 e. The second kappa shape index (κ2) is 5.71. The summed E-state index contributed by atoms with van der Waals surface area (Å²) in [5.41, 5.74) is 0.869. The topological polar surface area (TPSA) is 15.3 Å². The quantitative estimate of drug-likeness (QED) is 0.839. The number of anilines is 1. The number of nitrogens with zero attached hydrogens (tertiary/aromatic N) is 1. The van der Waals surface area contributed by atoms with Gasteiger partial charge in [0.05, 0.1) is 0 Å². The van der Waals surface area contributed by atoms with Gasteiger partial charge in [-0.1, -0.05) is 11.6 Å². The molecule has 1 fully saturated rings. The largest absolute Gasteiger partial charge is 0.366 e. The molecule has 16 heavy (non-hydrogen) atoms. The lowest BCUT2D eigenvalue weighted by Crippen LogP contribution is -2.49. The van der Waals surface area contributed by atoms with Gasteiger partial charge in [-0.2, -0.15) is 0 Å². The van der Waals surface area contributed by atoms with Gasteiger partial charge in [-0.15, -0.1) is 12.4 Å². The molecular formula is C11H15Cl2FN2. The van der Waals surface area contributed by atoms with Crippen LogP contribution in [0.3, 0.4) is 0 Å². The van der Waals surface area contributed by atoms with Crippen LogP contribution in [0.2, 0.25) is 5.02 Å². The van der Waals surface area contributed by atoms with E-state index in [4.69, 9.17) is 11.6 Å². The van der Waals surface area contributed by atoms with Crippen molar-refractivity contribution in [1.29, 1.82) is 0 Å². The molecule has 1 unspecified atom stereocenters. The van der Waals surface area contributed by atoms with Crippen molar-refractivity contribution < 1.29 is 4.39 Å². The number of hydrogen-bond donors (Lipinski definition) is 1. The fraction of sp³-hybridized carbons (Fsp3) is 0.455. The van der Waals surface area contributed by atoms with Crippen LogP contribution in [0.25, 0.3) is 0 Å². The number of piperazine rings is 1. The molecule has 0 radical (unpaired) electrons. The van der Waals surface area contributed by atoms with Crippen molar-refractivity contribution in [2.75, 3.05) is 24.5 Å². The smallest absolute Gasteiger partial charge is 0.126 e. The number of nitrogens with one attached hydrogen (secondary N) is 1. The first-order chi connectivity index (χ1) is 7.16. The Morgan fingerprint density at radius 2 is 2.19 bits per heavy atom. The molecule has 2 nitrogen and oxygen atoms in total. The summed E-state index contributed by atoms with van der Waals surface area (Å²) in [6, 6.07) is 5.05. The molecule has 1 N–H and O–H groups in total. The molecule has 0 bridgehead atoms.